The van der Waals surface area contributed by atoms with Gasteiger partial charge in [-0.25, -0.2) is 10.8 Å². The van der Waals surface area contributed by atoms with Crippen molar-refractivity contribution in [1.29, 1.82) is 0 Å². The van der Waals surface area contributed by atoms with E-state index in [1.165, 1.54) is 0 Å². The number of aromatic nitrogens is 1. The number of amides is 1. The average Bonchev–Trinajstić information content (AvgIpc) is 2.76. The molecule has 0 unspecified atom stereocenters. The summed E-state index contributed by atoms with van der Waals surface area (Å²) in [6, 6.07) is 3.58. The Labute approximate surface area is 114 Å². The highest BCUT2D eigenvalue weighted by Gasteiger charge is 2.35. The Bertz CT molecular complexity index is 462. The summed E-state index contributed by atoms with van der Waals surface area (Å²) >= 11 is 0. The van der Waals surface area contributed by atoms with Gasteiger partial charge in [0.1, 0.15) is 5.82 Å². The van der Waals surface area contributed by atoms with E-state index in [0.29, 0.717) is 11.4 Å². The Balaban J connectivity index is 2.33. The fraction of sp³-hybridized carbons (Fsp3) is 0.571. The van der Waals surface area contributed by atoms with Crippen LogP contribution in [0.2, 0.25) is 0 Å². The summed E-state index contributed by atoms with van der Waals surface area (Å²) in [5.74, 6) is 6.02. The predicted octanol–water partition coefficient (Wildman–Crippen LogP) is 1.94. The van der Waals surface area contributed by atoms with Crippen LogP contribution in [0.25, 0.3) is 0 Å². The zero-order chi connectivity index (χ0) is 14.0. The molecule has 1 aliphatic rings. The van der Waals surface area contributed by atoms with E-state index in [-0.39, 0.29) is 11.4 Å². The van der Waals surface area contributed by atoms with Crippen molar-refractivity contribution in [2.45, 2.75) is 45.6 Å². The van der Waals surface area contributed by atoms with Gasteiger partial charge in [0.25, 0.3) is 5.91 Å². The smallest absolute Gasteiger partial charge is 0.254 e. The molecular formula is C14H22N4O. The van der Waals surface area contributed by atoms with Gasteiger partial charge in [-0.2, -0.15) is 0 Å². The van der Waals surface area contributed by atoms with E-state index in [1.807, 2.05) is 17.9 Å². The number of hydrazine groups is 1. The highest BCUT2D eigenvalue weighted by atomic mass is 16.2. The minimum absolute atomic E-state index is 0.0658. The van der Waals surface area contributed by atoms with Crippen LogP contribution in [0.4, 0.5) is 5.82 Å². The van der Waals surface area contributed by atoms with Gasteiger partial charge in [0.2, 0.25) is 0 Å². The third-order valence-corrected chi connectivity index (χ3v) is 3.78. The first kappa shape index (κ1) is 13.8. The lowest BCUT2D eigenvalue weighted by Gasteiger charge is -2.31. The summed E-state index contributed by atoms with van der Waals surface area (Å²) in [5, 5.41) is 0. The molecule has 0 aromatic carbocycles. The molecule has 1 aromatic rings. The molecule has 19 heavy (non-hydrogen) atoms. The third-order valence-electron chi connectivity index (χ3n) is 3.78. The number of pyridine rings is 1. The zero-order valence-corrected chi connectivity index (χ0v) is 11.9. The monoisotopic (exact) mass is 262 g/mol. The lowest BCUT2D eigenvalue weighted by Crippen LogP contribution is -2.42. The van der Waals surface area contributed by atoms with Crippen molar-refractivity contribution in [1.82, 2.24) is 9.88 Å². The van der Waals surface area contributed by atoms with Crippen LogP contribution in [0.15, 0.2) is 12.1 Å². The number of nitrogens with zero attached hydrogens (tertiary/aromatic N) is 2. The lowest BCUT2D eigenvalue weighted by atomic mass is 10.0. The van der Waals surface area contributed by atoms with Crippen LogP contribution in [0.5, 0.6) is 0 Å². The van der Waals surface area contributed by atoms with E-state index in [4.69, 9.17) is 5.84 Å². The molecular weight excluding hydrogens is 240 g/mol. The van der Waals surface area contributed by atoms with Crippen LogP contribution in [0.1, 0.15) is 49.7 Å². The minimum atomic E-state index is -0.0664. The second-order valence-electron chi connectivity index (χ2n) is 5.60. The van der Waals surface area contributed by atoms with Crippen molar-refractivity contribution < 1.29 is 4.79 Å². The Morgan fingerprint density at radius 3 is 2.79 bits per heavy atom. The molecule has 0 aliphatic carbocycles. The molecule has 1 saturated heterocycles. The van der Waals surface area contributed by atoms with E-state index in [0.717, 1.165) is 31.5 Å². The summed E-state index contributed by atoms with van der Waals surface area (Å²) in [4.78, 5) is 18.9. The second kappa shape index (κ2) is 5.17. The highest BCUT2D eigenvalue weighted by molar-refractivity contribution is 5.95. The molecule has 2 rings (SSSR count). The molecule has 0 saturated carbocycles. The fourth-order valence-electron chi connectivity index (χ4n) is 2.61. The van der Waals surface area contributed by atoms with E-state index in [1.54, 1.807) is 6.07 Å². The van der Waals surface area contributed by atoms with Crippen LogP contribution < -0.4 is 11.3 Å². The lowest BCUT2D eigenvalue weighted by molar-refractivity contribution is 0.0652. The van der Waals surface area contributed by atoms with Gasteiger partial charge in [0.15, 0.2) is 0 Å². The number of nitrogens with one attached hydrogen (secondary N) is 1. The van der Waals surface area contributed by atoms with Crippen molar-refractivity contribution in [3.63, 3.8) is 0 Å². The number of nitrogens with two attached hydrogens (primary N) is 1. The molecule has 5 nitrogen and oxygen atoms in total. The van der Waals surface area contributed by atoms with Gasteiger partial charge in [-0.15, -0.1) is 0 Å². The quantitative estimate of drug-likeness (QED) is 0.645. The molecule has 0 radical (unpaired) electrons. The number of anilines is 1. The molecule has 3 N–H and O–H groups in total. The van der Waals surface area contributed by atoms with Crippen molar-refractivity contribution in [3.8, 4) is 0 Å². The number of hydrogen-bond donors (Lipinski definition) is 2. The number of hydrogen-bond acceptors (Lipinski definition) is 4. The second-order valence-corrected chi connectivity index (χ2v) is 5.60. The molecule has 0 atom stereocenters. The Morgan fingerprint density at radius 2 is 2.26 bits per heavy atom. The Kier molecular flexibility index (Phi) is 3.75. The topological polar surface area (TPSA) is 71.2 Å². The van der Waals surface area contributed by atoms with Crippen molar-refractivity contribution >= 4 is 11.7 Å². The number of carbonyl (C=O) groups excluding carboxylic acids is 1. The molecule has 104 valence electrons. The predicted molar refractivity (Wildman–Crippen MR) is 75.8 cm³/mol. The van der Waals surface area contributed by atoms with E-state index < -0.39 is 0 Å². The standard InChI is InChI=1S/C14H22N4O/c1-4-11-8-10(9-12(16-11)17-15)13(19)18-7-5-6-14(18,2)3/h8-9H,4-7,15H2,1-3H3,(H,16,17). The average molecular weight is 262 g/mol. The van der Waals surface area contributed by atoms with Crippen LogP contribution in [0, 0.1) is 0 Å². The summed E-state index contributed by atoms with van der Waals surface area (Å²) in [6.45, 7) is 7.06. The van der Waals surface area contributed by atoms with E-state index in [2.05, 4.69) is 24.3 Å². The molecule has 1 aromatic heterocycles. The molecule has 0 spiro atoms. The molecule has 0 bridgehead atoms. The first-order valence-corrected chi connectivity index (χ1v) is 6.77. The molecule has 2 heterocycles. The summed E-state index contributed by atoms with van der Waals surface area (Å²) in [5.41, 5.74) is 3.99. The Hall–Kier alpha value is -1.62. The van der Waals surface area contributed by atoms with Gasteiger partial charge in [0.05, 0.1) is 0 Å². The van der Waals surface area contributed by atoms with Crippen LogP contribution in [-0.4, -0.2) is 27.9 Å². The maximum atomic E-state index is 12.6. The third kappa shape index (κ3) is 2.71. The number of rotatable bonds is 3. The van der Waals surface area contributed by atoms with Gasteiger partial charge < -0.3 is 10.3 Å². The summed E-state index contributed by atoms with van der Waals surface area (Å²) in [6.07, 6.45) is 2.89. The fourth-order valence-corrected chi connectivity index (χ4v) is 2.61. The van der Waals surface area contributed by atoms with Gasteiger partial charge in [-0.3, -0.25) is 4.79 Å². The molecule has 1 fully saturated rings. The van der Waals surface area contributed by atoms with Gasteiger partial charge in [-0.1, -0.05) is 6.92 Å². The number of carbonyl (C=O) groups is 1. The van der Waals surface area contributed by atoms with Crippen molar-refractivity contribution in [2.75, 3.05) is 12.0 Å². The van der Waals surface area contributed by atoms with Crippen LogP contribution >= 0.6 is 0 Å². The first-order chi connectivity index (χ1) is 8.97. The summed E-state index contributed by atoms with van der Waals surface area (Å²) < 4.78 is 0. The van der Waals surface area contributed by atoms with Crippen molar-refractivity contribution in [2.24, 2.45) is 5.84 Å². The maximum absolute atomic E-state index is 12.6. The van der Waals surface area contributed by atoms with E-state index >= 15 is 0 Å². The number of nitrogen functional groups attached to an aromatic ring is 1. The van der Waals surface area contributed by atoms with Crippen molar-refractivity contribution in [3.05, 3.63) is 23.4 Å². The van der Waals surface area contributed by atoms with Gasteiger partial charge >= 0.3 is 0 Å². The number of likely N-dealkylation sites (tertiary alicyclic amines) is 1. The number of aryl methyl sites for hydroxylation is 1. The molecule has 1 aliphatic heterocycles. The summed E-state index contributed by atoms with van der Waals surface area (Å²) in [7, 11) is 0. The highest BCUT2D eigenvalue weighted by Crippen LogP contribution is 2.30. The minimum Gasteiger partial charge on any atom is -0.334 e. The van der Waals surface area contributed by atoms with Crippen LogP contribution in [0.3, 0.4) is 0 Å². The molecule has 5 heteroatoms. The van der Waals surface area contributed by atoms with Gasteiger partial charge in [0, 0.05) is 23.3 Å². The zero-order valence-electron chi connectivity index (χ0n) is 11.9. The van der Waals surface area contributed by atoms with E-state index in [9.17, 15) is 4.79 Å². The SMILES string of the molecule is CCc1cc(C(=O)N2CCCC2(C)C)cc(NN)n1. The van der Waals surface area contributed by atoms with Crippen LogP contribution in [-0.2, 0) is 6.42 Å². The normalized spacial score (nSPS) is 17.6. The first-order valence-electron chi connectivity index (χ1n) is 6.77. The van der Waals surface area contributed by atoms with Gasteiger partial charge in [-0.05, 0) is 45.2 Å². The Morgan fingerprint density at radius 1 is 1.53 bits per heavy atom. The largest absolute Gasteiger partial charge is 0.334 e. The maximum Gasteiger partial charge on any atom is 0.254 e. The molecule has 1 amide bonds.